The number of benzene rings is 1. The number of fused-ring (bicyclic) bond motifs is 1. The summed E-state index contributed by atoms with van der Waals surface area (Å²) in [5.74, 6) is 0.651. The van der Waals surface area contributed by atoms with Gasteiger partial charge in [0.15, 0.2) is 0 Å². The average molecular weight is 246 g/mol. The van der Waals surface area contributed by atoms with E-state index < -0.39 is 0 Å². The van der Waals surface area contributed by atoms with E-state index >= 15 is 0 Å². The van der Waals surface area contributed by atoms with Gasteiger partial charge in [-0.1, -0.05) is 18.2 Å². The van der Waals surface area contributed by atoms with Crippen LogP contribution in [-0.4, -0.2) is 25.5 Å². The highest BCUT2D eigenvalue weighted by atomic mass is 32.1. The lowest BCUT2D eigenvalue weighted by atomic mass is 10.0. The summed E-state index contributed by atoms with van der Waals surface area (Å²) in [6, 6.07) is 8.03. The SMILES string of the molecule is O=C(NCC1CNC1)c1csc2ccccc12. The van der Waals surface area contributed by atoms with Gasteiger partial charge in [0.05, 0.1) is 5.56 Å². The molecule has 0 atom stereocenters. The summed E-state index contributed by atoms with van der Waals surface area (Å²) < 4.78 is 1.17. The summed E-state index contributed by atoms with van der Waals surface area (Å²) in [5, 5.41) is 9.21. The molecule has 17 heavy (non-hydrogen) atoms. The third-order valence-corrected chi connectivity index (χ3v) is 4.11. The molecule has 3 nitrogen and oxygen atoms in total. The van der Waals surface area contributed by atoms with E-state index in [1.54, 1.807) is 11.3 Å². The number of amides is 1. The van der Waals surface area contributed by atoms with Crippen molar-refractivity contribution in [2.24, 2.45) is 5.92 Å². The van der Waals surface area contributed by atoms with Gasteiger partial charge in [-0.05, 0) is 6.07 Å². The Hall–Kier alpha value is -1.39. The first-order valence-electron chi connectivity index (χ1n) is 5.80. The predicted molar refractivity (Wildman–Crippen MR) is 70.5 cm³/mol. The van der Waals surface area contributed by atoms with Crippen molar-refractivity contribution < 1.29 is 4.79 Å². The smallest absolute Gasteiger partial charge is 0.252 e. The number of thiophene rings is 1. The summed E-state index contributed by atoms with van der Waals surface area (Å²) in [6.07, 6.45) is 0. The molecule has 3 rings (SSSR count). The fourth-order valence-electron chi connectivity index (χ4n) is 1.98. The average Bonchev–Trinajstić information content (AvgIpc) is 2.70. The van der Waals surface area contributed by atoms with Crippen LogP contribution < -0.4 is 10.6 Å². The zero-order valence-electron chi connectivity index (χ0n) is 9.40. The van der Waals surface area contributed by atoms with Crippen LogP contribution in [0.15, 0.2) is 29.6 Å². The van der Waals surface area contributed by atoms with E-state index in [0.717, 1.165) is 30.6 Å². The molecule has 1 fully saturated rings. The molecule has 1 aromatic carbocycles. The summed E-state index contributed by atoms with van der Waals surface area (Å²) in [6.45, 7) is 2.81. The first kappa shape index (κ1) is 10.7. The van der Waals surface area contributed by atoms with E-state index in [1.807, 2.05) is 29.6 Å². The quantitative estimate of drug-likeness (QED) is 0.868. The molecule has 1 amide bonds. The van der Waals surface area contributed by atoms with Gasteiger partial charge in [-0.2, -0.15) is 0 Å². The highest BCUT2D eigenvalue weighted by molar-refractivity contribution is 7.17. The molecular weight excluding hydrogens is 232 g/mol. The molecule has 0 unspecified atom stereocenters. The molecule has 88 valence electrons. The molecule has 2 aromatic rings. The van der Waals surface area contributed by atoms with Crippen LogP contribution in [0.2, 0.25) is 0 Å². The van der Waals surface area contributed by atoms with Crippen LogP contribution in [0.25, 0.3) is 10.1 Å². The van der Waals surface area contributed by atoms with Gasteiger partial charge in [-0.3, -0.25) is 4.79 Å². The zero-order valence-corrected chi connectivity index (χ0v) is 10.2. The van der Waals surface area contributed by atoms with Crippen molar-refractivity contribution in [1.29, 1.82) is 0 Å². The lowest BCUT2D eigenvalue weighted by molar-refractivity contribution is 0.0944. The maximum Gasteiger partial charge on any atom is 0.252 e. The van der Waals surface area contributed by atoms with Gasteiger partial charge >= 0.3 is 0 Å². The number of rotatable bonds is 3. The van der Waals surface area contributed by atoms with Gasteiger partial charge in [0.2, 0.25) is 0 Å². The highest BCUT2D eigenvalue weighted by Gasteiger charge is 2.18. The summed E-state index contributed by atoms with van der Waals surface area (Å²) >= 11 is 1.62. The molecule has 1 aliphatic heterocycles. The third-order valence-electron chi connectivity index (χ3n) is 3.14. The highest BCUT2D eigenvalue weighted by Crippen LogP contribution is 2.25. The van der Waals surface area contributed by atoms with Crippen molar-refractivity contribution in [3.63, 3.8) is 0 Å². The topological polar surface area (TPSA) is 41.1 Å². The maximum atomic E-state index is 12.0. The molecule has 0 bridgehead atoms. The number of hydrogen-bond donors (Lipinski definition) is 2. The van der Waals surface area contributed by atoms with E-state index in [0.29, 0.717) is 5.92 Å². The second-order valence-corrected chi connectivity index (χ2v) is 5.29. The van der Waals surface area contributed by atoms with Crippen LogP contribution in [0.1, 0.15) is 10.4 Å². The molecule has 0 radical (unpaired) electrons. The molecule has 2 heterocycles. The third kappa shape index (κ3) is 2.06. The van der Waals surface area contributed by atoms with Crippen molar-refractivity contribution in [2.75, 3.05) is 19.6 Å². The van der Waals surface area contributed by atoms with E-state index in [1.165, 1.54) is 4.70 Å². The lowest BCUT2D eigenvalue weighted by Crippen LogP contribution is -2.48. The summed E-state index contributed by atoms with van der Waals surface area (Å²) in [5.41, 5.74) is 0.804. The normalized spacial score (nSPS) is 15.8. The van der Waals surface area contributed by atoms with Crippen LogP contribution in [-0.2, 0) is 0 Å². The number of carbonyl (C=O) groups excluding carboxylic acids is 1. The Morgan fingerprint density at radius 1 is 1.41 bits per heavy atom. The minimum absolute atomic E-state index is 0.0503. The van der Waals surface area contributed by atoms with Crippen LogP contribution in [0.3, 0.4) is 0 Å². The molecule has 0 spiro atoms. The maximum absolute atomic E-state index is 12.0. The minimum atomic E-state index is 0.0503. The first-order chi connectivity index (χ1) is 8.34. The Morgan fingerprint density at radius 2 is 2.24 bits per heavy atom. The number of hydrogen-bond acceptors (Lipinski definition) is 3. The molecule has 1 aliphatic rings. The van der Waals surface area contributed by atoms with E-state index in [2.05, 4.69) is 10.6 Å². The van der Waals surface area contributed by atoms with Crippen molar-refractivity contribution >= 4 is 27.3 Å². The Morgan fingerprint density at radius 3 is 3.00 bits per heavy atom. The van der Waals surface area contributed by atoms with Crippen LogP contribution in [0, 0.1) is 5.92 Å². The van der Waals surface area contributed by atoms with Gasteiger partial charge in [0, 0.05) is 41.0 Å². The van der Waals surface area contributed by atoms with Crippen LogP contribution in [0.5, 0.6) is 0 Å². The van der Waals surface area contributed by atoms with Crippen LogP contribution >= 0.6 is 11.3 Å². The summed E-state index contributed by atoms with van der Waals surface area (Å²) in [7, 11) is 0. The summed E-state index contributed by atoms with van der Waals surface area (Å²) in [4.78, 5) is 12.0. The van der Waals surface area contributed by atoms with Crippen molar-refractivity contribution in [2.45, 2.75) is 0 Å². The zero-order chi connectivity index (χ0) is 11.7. The van der Waals surface area contributed by atoms with Gasteiger partial charge in [-0.15, -0.1) is 11.3 Å². The second-order valence-electron chi connectivity index (χ2n) is 4.38. The molecule has 1 saturated heterocycles. The molecular formula is C13H14N2OS. The Labute approximate surface area is 104 Å². The molecule has 0 aliphatic carbocycles. The van der Waals surface area contributed by atoms with Gasteiger partial charge in [-0.25, -0.2) is 0 Å². The standard InChI is InChI=1S/C13H14N2OS/c16-13(15-7-9-5-14-6-9)11-8-17-12-4-2-1-3-10(11)12/h1-4,8-9,14H,5-7H2,(H,15,16). The Kier molecular flexibility index (Phi) is 2.82. The van der Waals surface area contributed by atoms with Crippen molar-refractivity contribution in [3.8, 4) is 0 Å². The monoisotopic (exact) mass is 246 g/mol. The van der Waals surface area contributed by atoms with Gasteiger partial charge < -0.3 is 10.6 Å². The molecule has 1 aromatic heterocycles. The molecule has 2 N–H and O–H groups in total. The Bertz CT molecular complexity index is 545. The first-order valence-corrected chi connectivity index (χ1v) is 6.68. The lowest BCUT2D eigenvalue weighted by Gasteiger charge is -2.27. The van der Waals surface area contributed by atoms with E-state index in [9.17, 15) is 4.79 Å². The van der Waals surface area contributed by atoms with Crippen molar-refractivity contribution in [3.05, 3.63) is 35.2 Å². The van der Waals surface area contributed by atoms with Crippen molar-refractivity contribution in [1.82, 2.24) is 10.6 Å². The number of carbonyl (C=O) groups is 1. The predicted octanol–water partition coefficient (Wildman–Crippen LogP) is 1.85. The van der Waals surface area contributed by atoms with E-state index in [4.69, 9.17) is 0 Å². The molecule has 4 heteroatoms. The number of nitrogens with one attached hydrogen (secondary N) is 2. The van der Waals surface area contributed by atoms with Gasteiger partial charge in [0.25, 0.3) is 5.91 Å². The second kappa shape index (κ2) is 4.47. The van der Waals surface area contributed by atoms with Crippen LogP contribution in [0.4, 0.5) is 0 Å². The fraction of sp³-hybridized carbons (Fsp3) is 0.308. The van der Waals surface area contributed by atoms with Gasteiger partial charge in [0.1, 0.15) is 0 Å². The minimum Gasteiger partial charge on any atom is -0.352 e. The molecule has 0 saturated carbocycles. The Balaban J connectivity index is 1.75. The van der Waals surface area contributed by atoms with E-state index in [-0.39, 0.29) is 5.91 Å². The largest absolute Gasteiger partial charge is 0.352 e. The fourth-order valence-corrected chi connectivity index (χ4v) is 2.92.